The summed E-state index contributed by atoms with van der Waals surface area (Å²) in [5, 5.41) is 13.9. The number of rotatable bonds is 6. The lowest BCUT2D eigenvalue weighted by Gasteiger charge is -2.31. The van der Waals surface area contributed by atoms with E-state index in [1.54, 1.807) is 6.92 Å². The first-order valence-electron chi connectivity index (χ1n) is 9.70. The van der Waals surface area contributed by atoms with Gasteiger partial charge in [-0.2, -0.15) is 4.98 Å². The number of piperidine rings is 1. The third-order valence-corrected chi connectivity index (χ3v) is 5.14. The van der Waals surface area contributed by atoms with Gasteiger partial charge in [-0.05, 0) is 63.1 Å². The van der Waals surface area contributed by atoms with Gasteiger partial charge in [-0.25, -0.2) is 0 Å². The number of likely N-dealkylation sites (tertiary alicyclic amines) is 1. The third kappa shape index (κ3) is 5.63. The van der Waals surface area contributed by atoms with E-state index >= 15 is 0 Å². The first kappa shape index (κ1) is 19.5. The zero-order valence-electron chi connectivity index (χ0n) is 16.4. The van der Waals surface area contributed by atoms with Crippen LogP contribution in [0.1, 0.15) is 60.7 Å². The highest BCUT2D eigenvalue weighted by atomic mass is 16.5. The van der Waals surface area contributed by atoms with Crippen LogP contribution in [0.3, 0.4) is 0 Å². The number of hydrogen-bond donors (Lipinski definition) is 1. The average molecular weight is 371 g/mol. The fourth-order valence-electron chi connectivity index (χ4n) is 3.52. The van der Waals surface area contributed by atoms with Gasteiger partial charge in [-0.3, -0.25) is 4.79 Å². The number of aromatic nitrogens is 2. The molecule has 0 bridgehead atoms. The van der Waals surface area contributed by atoms with Crippen LogP contribution in [0.15, 0.2) is 28.8 Å². The molecule has 1 aromatic carbocycles. The van der Waals surface area contributed by atoms with Gasteiger partial charge < -0.3 is 14.5 Å². The van der Waals surface area contributed by atoms with E-state index in [2.05, 4.69) is 10.1 Å². The van der Waals surface area contributed by atoms with E-state index < -0.39 is 5.60 Å². The van der Waals surface area contributed by atoms with Crippen LogP contribution >= 0.6 is 0 Å². The van der Waals surface area contributed by atoms with Gasteiger partial charge >= 0.3 is 0 Å². The Bertz CT molecular complexity index is 771. The Balaban J connectivity index is 1.54. The third-order valence-electron chi connectivity index (χ3n) is 5.14. The Labute approximate surface area is 160 Å². The summed E-state index contributed by atoms with van der Waals surface area (Å²) < 4.78 is 5.03. The van der Waals surface area contributed by atoms with Gasteiger partial charge in [0.05, 0.1) is 5.60 Å². The lowest BCUT2D eigenvalue weighted by molar-refractivity contribution is 0.0689. The van der Waals surface area contributed by atoms with Gasteiger partial charge in [0.15, 0.2) is 5.82 Å². The lowest BCUT2D eigenvalue weighted by Crippen LogP contribution is -2.39. The van der Waals surface area contributed by atoms with E-state index in [9.17, 15) is 9.90 Å². The highest BCUT2D eigenvalue weighted by Crippen LogP contribution is 2.23. The molecule has 1 fully saturated rings. The van der Waals surface area contributed by atoms with Crippen molar-refractivity contribution in [1.29, 1.82) is 0 Å². The number of carbonyl (C=O) groups excluding carboxylic acids is 1. The number of aryl methyl sites for hydroxylation is 2. The fraction of sp³-hybridized carbons (Fsp3) is 0.571. The standard InChI is InChI=1S/C21H29N3O3/c1-15-22-19(23-27-15)14-17-8-11-24(12-9-17)20(25)18-6-4-5-16(13-18)7-10-21(2,3)26/h4-6,13,17,26H,7-12,14H2,1-3H3. The SMILES string of the molecule is Cc1nc(CC2CCN(C(=O)c3cccc(CCC(C)(C)O)c3)CC2)no1. The molecule has 1 aliphatic heterocycles. The summed E-state index contributed by atoms with van der Waals surface area (Å²) in [4.78, 5) is 19.1. The zero-order chi connectivity index (χ0) is 19.4. The second-order valence-corrected chi connectivity index (χ2v) is 8.18. The van der Waals surface area contributed by atoms with Crippen LogP contribution in [-0.4, -0.2) is 44.7 Å². The molecular formula is C21H29N3O3. The Morgan fingerprint density at radius 3 is 2.70 bits per heavy atom. The first-order valence-corrected chi connectivity index (χ1v) is 9.70. The smallest absolute Gasteiger partial charge is 0.253 e. The predicted molar refractivity (Wildman–Crippen MR) is 102 cm³/mol. The van der Waals surface area contributed by atoms with Crippen LogP contribution in [0.5, 0.6) is 0 Å². The van der Waals surface area contributed by atoms with Crippen molar-refractivity contribution in [2.24, 2.45) is 5.92 Å². The zero-order valence-corrected chi connectivity index (χ0v) is 16.4. The van der Waals surface area contributed by atoms with E-state index in [-0.39, 0.29) is 5.91 Å². The van der Waals surface area contributed by atoms with Crippen molar-refractivity contribution in [3.8, 4) is 0 Å². The molecule has 0 saturated carbocycles. The highest BCUT2D eigenvalue weighted by Gasteiger charge is 2.25. The fourth-order valence-corrected chi connectivity index (χ4v) is 3.52. The summed E-state index contributed by atoms with van der Waals surface area (Å²) in [5.74, 6) is 1.94. The summed E-state index contributed by atoms with van der Waals surface area (Å²) in [6.45, 7) is 6.93. The van der Waals surface area contributed by atoms with Gasteiger partial charge in [-0.15, -0.1) is 0 Å². The van der Waals surface area contributed by atoms with Gasteiger partial charge in [0.1, 0.15) is 0 Å². The molecular weight excluding hydrogens is 342 g/mol. The normalized spacial score (nSPS) is 15.9. The molecule has 2 aromatic rings. The van der Waals surface area contributed by atoms with Crippen LogP contribution < -0.4 is 0 Å². The van der Waals surface area contributed by atoms with Crippen molar-refractivity contribution in [2.45, 2.75) is 58.5 Å². The maximum atomic E-state index is 12.9. The molecule has 1 amide bonds. The summed E-state index contributed by atoms with van der Waals surface area (Å²) in [6.07, 6.45) is 4.16. The first-order chi connectivity index (χ1) is 12.8. The highest BCUT2D eigenvalue weighted by molar-refractivity contribution is 5.94. The minimum absolute atomic E-state index is 0.0916. The van der Waals surface area contributed by atoms with Gasteiger partial charge in [0, 0.05) is 32.0 Å². The van der Waals surface area contributed by atoms with Crippen LogP contribution in [0.2, 0.25) is 0 Å². The number of amides is 1. The monoisotopic (exact) mass is 371 g/mol. The van der Waals surface area contributed by atoms with E-state index in [1.165, 1.54) is 0 Å². The lowest BCUT2D eigenvalue weighted by atomic mass is 9.92. The van der Waals surface area contributed by atoms with Crippen LogP contribution in [0.25, 0.3) is 0 Å². The molecule has 1 saturated heterocycles. The molecule has 0 radical (unpaired) electrons. The predicted octanol–water partition coefficient (Wildman–Crippen LogP) is 3.18. The molecule has 0 atom stereocenters. The summed E-state index contributed by atoms with van der Waals surface area (Å²) >= 11 is 0. The topological polar surface area (TPSA) is 79.5 Å². The summed E-state index contributed by atoms with van der Waals surface area (Å²) in [6, 6.07) is 7.78. The van der Waals surface area contributed by atoms with Crippen molar-refractivity contribution < 1.29 is 14.4 Å². The minimum atomic E-state index is -0.695. The second kappa shape index (κ2) is 8.21. The van der Waals surface area contributed by atoms with Crippen LogP contribution in [0, 0.1) is 12.8 Å². The molecule has 6 nitrogen and oxygen atoms in total. The molecule has 0 unspecified atom stereocenters. The molecule has 3 rings (SSSR count). The molecule has 6 heteroatoms. The summed E-state index contributed by atoms with van der Waals surface area (Å²) in [5.41, 5.74) is 1.12. The largest absolute Gasteiger partial charge is 0.390 e. The van der Waals surface area contributed by atoms with E-state index in [0.29, 0.717) is 18.2 Å². The number of benzene rings is 1. The summed E-state index contributed by atoms with van der Waals surface area (Å²) in [7, 11) is 0. The van der Waals surface area contributed by atoms with Crippen molar-refractivity contribution in [2.75, 3.05) is 13.1 Å². The van der Waals surface area contributed by atoms with Gasteiger partial charge in [-0.1, -0.05) is 17.3 Å². The maximum Gasteiger partial charge on any atom is 0.253 e. The number of hydrogen-bond acceptors (Lipinski definition) is 5. The molecule has 0 spiro atoms. The van der Waals surface area contributed by atoms with Crippen molar-refractivity contribution >= 4 is 5.91 Å². The molecule has 1 aliphatic rings. The number of nitrogens with zero attached hydrogens (tertiary/aromatic N) is 3. The molecule has 146 valence electrons. The van der Waals surface area contributed by atoms with E-state index in [4.69, 9.17) is 4.52 Å². The number of aliphatic hydroxyl groups is 1. The second-order valence-electron chi connectivity index (χ2n) is 8.18. The Morgan fingerprint density at radius 1 is 1.33 bits per heavy atom. The quantitative estimate of drug-likeness (QED) is 0.844. The molecule has 27 heavy (non-hydrogen) atoms. The van der Waals surface area contributed by atoms with Gasteiger partial charge in [0.25, 0.3) is 5.91 Å². The Hall–Kier alpha value is -2.21. The molecule has 1 aromatic heterocycles. The Kier molecular flexibility index (Phi) is 5.95. The minimum Gasteiger partial charge on any atom is -0.390 e. The van der Waals surface area contributed by atoms with Crippen molar-refractivity contribution in [1.82, 2.24) is 15.0 Å². The molecule has 0 aliphatic carbocycles. The molecule has 2 heterocycles. The van der Waals surface area contributed by atoms with Crippen LogP contribution in [0.4, 0.5) is 0 Å². The maximum absolute atomic E-state index is 12.9. The Morgan fingerprint density at radius 2 is 2.07 bits per heavy atom. The van der Waals surface area contributed by atoms with Crippen LogP contribution in [-0.2, 0) is 12.8 Å². The van der Waals surface area contributed by atoms with Crippen molar-refractivity contribution in [3.05, 3.63) is 47.1 Å². The van der Waals surface area contributed by atoms with Crippen molar-refractivity contribution in [3.63, 3.8) is 0 Å². The number of carbonyl (C=O) groups is 1. The van der Waals surface area contributed by atoms with E-state index in [0.717, 1.165) is 55.7 Å². The van der Waals surface area contributed by atoms with E-state index in [1.807, 2.05) is 43.0 Å². The average Bonchev–Trinajstić information content (AvgIpc) is 3.04. The van der Waals surface area contributed by atoms with Gasteiger partial charge in [0.2, 0.25) is 5.89 Å². The molecule has 1 N–H and O–H groups in total.